The van der Waals surface area contributed by atoms with Gasteiger partial charge >= 0.3 is 0 Å². The maximum Gasteiger partial charge on any atom is 0.256 e. The van der Waals surface area contributed by atoms with Crippen LogP contribution >= 0.6 is 0 Å². The lowest BCUT2D eigenvalue weighted by molar-refractivity contribution is -0.117. The highest BCUT2D eigenvalue weighted by molar-refractivity contribution is 6.06. The SMILES string of the molecule is Cc1ccc(NC(=O)C2C[C@@H]2c2ccccc2)cc1C(=O)Nc1cnc(N)nc1. The second kappa shape index (κ2) is 7.71. The third-order valence-electron chi connectivity index (χ3n) is 5.03. The first-order valence-corrected chi connectivity index (χ1v) is 9.36. The Labute approximate surface area is 168 Å². The number of rotatable bonds is 5. The molecule has 2 aromatic carbocycles. The van der Waals surface area contributed by atoms with Crippen molar-refractivity contribution in [2.45, 2.75) is 19.3 Å². The summed E-state index contributed by atoms with van der Waals surface area (Å²) in [5.74, 6) is 0.0252. The molecule has 1 aromatic heterocycles. The van der Waals surface area contributed by atoms with E-state index in [0.717, 1.165) is 12.0 Å². The molecule has 1 unspecified atom stereocenters. The van der Waals surface area contributed by atoms with E-state index in [9.17, 15) is 9.59 Å². The van der Waals surface area contributed by atoms with Crippen LogP contribution in [-0.4, -0.2) is 21.8 Å². The predicted octanol–water partition coefficient (Wildman–Crippen LogP) is 3.36. The molecule has 29 heavy (non-hydrogen) atoms. The van der Waals surface area contributed by atoms with Crippen LogP contribution in [0, 0.1) is 12.8 Å². The third kappa shape index (κ3) is 4.24. The average molecular weight is 387 g/mol. The molecule has 7 heteroatoms. The predicted molar refractivity (Wildman–Crippen MR) is 111 cm³/mol. The first kappa shape index (κ1) is 18.6. The molecule has 7 nitrogen and oxygen atoms in total. The van der Waals surface area contributed by atoms with Crippen molar-refractivity contribution in [3.05, 3.63) is 77.6 Å². The summed E-state index contributed by atoms with van der Waals surface area (Å²) in [7, 11) is 0. The van der Waals surface area contributed by atoms with Gasteiger partial charge in [-0.05, 0) is 42.5 Å². The lowest BCUT2D eigenvalue weighted by Crippen LogP contribution is -2.17. The summed E-state index contributed by atoms with van der Waals surface area (Å²) in [6, 6.07) is 15.3. The topological polar surface area (TPSA) is 110 Å². The fourth-order valence-electron chi connectivity index (χ4n) is 3.33. The van der Waals surface area contributed by atoms with Gasteiger partial charge in [-0.3, -0.25) is 9.59 Å². The highest BCUT2D eigenvalue weighted by Crippen LogP contribution is 2.47. The lowest BCUT2D eigenvalue weighted by Gasteiger charge is -2.11. The van der Waals surface area contributed by atoms with Crippen molar-refractivity contribution >= 4 is 29.1 Å². The van der Waals surface area contributed by atoms with Gasteiger partial charge in [0.25, 0.3) is 5.91 Å². The third-order valence-corrected chi connectivity index (χ3v) is 5.03. The molecule has 0 aliphatic heterocycles. The van der Waals surface area contributed by atoms with E-state index >= 15 is 0 Å². The van der Waals surface area contributed by atoms with Crippen molar-refractivity contribution in [2.75, 3.05) is 16.4 Å². The van der Waals surface area contributed by atoms with E-state index in [1.54, 1.807) is 12.1 Å². The van der Waals surface area contributed by atoms with Crippen LogP contribution in [0.5, 0.6) is 0 Å². The molecule has 3 aromatic rings. The molecule has 4 rings (SSSR count). The Hall–Kier alpha value is -3.74. The molecular formula is C22H21N5O2. The fourth-order valence-corrected chi connectivity index (χ4v) is 3.33. The number of anilines is 3. The Balaban J connectivity index is 1.43. The summed E-state index contributed by atoms with van der Waals surface area (Å²) in [6.07, 6.45) is 3.72. The summed E-state index contributed by atoms with van der Waals surface area (Å²) in [4.78, 5) is 33.0. The highest BCUT2D eigenvalue weighted by Gasteiger charge is 2.43. The Bertz CT molecular complexity index is 1050. The molecule has 1 saturated carbocycles. The van der Waals surface area contributed by atoms with Gasteiger partial charge in [-0.25, -0.2) is 9.97 Å². The normalized spacial score (nSPS) is 17.4. The standard InChI is InChI=1S/C22H21N5O2/c1-13-7-8-15(9-17(13)20(28)27-16-11-24-22(23)25-12-16)26-21(29)19-10-18(19)14-5-3-2-4-6-14/h2-9,11-12,18-19H,10H2,1H3,(H,26,29)(H,27,28)(H2,23,24,25)/t18-,19?/m1/s1. The monoisotopic (exact) mass is 387 g/mol. The molecule has 0 bridgehead atoms. The van der Waals surface area contributed by atoms with Gasteiger partial charge in [0, 0.05) is 17.2 Å². The Morgan fingerprint density at radius 2 is 1.72 bits per heavy atom. The molecule has 0 radical (unpaired) electrons. The Kier molecular flexibility index (Phi) is 4.95. The van der Waals surface area contributed by atoms with Gasteiger partial charge in [0.05, 0.1) is 18.1 Å². The van der Waals surface area contributed by atoms with E-state index in [1.807, 2.05) is 43.3 Å². The fraction of sp³-hybridized carbons (Fsp3) is 0.182. The Morgan fingerprint density at radius 3 is 2.45 bits per heavy atom. The minimum absolute atomic E-state index is 0.0269. The number of nitrogens with two attached hydrogens (primary N) is 1. The maximum atomic E-state index is 12.6. The molecule has 4 N–H and O–H groups in total. The van der Waals surface area contributed by atoms with Crippen LogP contribution in [-0.2, 0) is 4.79 Å². The van der Waals surface area contributed by atoms with E-state index in [1.165, 1.54) is 18.0 Å². The summed E-state index contributed by atoms with van der Waals surface area (Å²) < 4.78 is 0. The number of nitrogens with one attached hydrogen (secondary N) is 2. The van der Waals surface area contributed by atoms with E-state index in [4.69, 9.17) is 5.73 Å². The summed E-state index contributed by atoms with van der Waals surface area (Å²) >= 11 is 0. The van der Waals surface area contributed by atoms with Crippen molar-refractivity contribution in [3.8, 4) is 0 Å². The zero-order chi connectivity index (χ0) is 20.4. The first-order valence-electron chi connectivity index (χ1n) is 9.36. The number of carbonyl (C=O) groups excluding carboxylic acids is 2. The minimum Gasteiger partial charge on any atom is -0.368 e. The quantitative estimate of drug-likeness (QED) is 0.622. The number of nitrogen functional groups attached to an aromatic ring is 1. The number of nitrogens with zero attached hydrogens (tertiary/aromatic N) is 2. The summed E-state index contributed by atoms with van der Waals surface area (Å²) in [5.41, 5.74) is 8.95. The van der Waals surface area contributed by atoms with Crippen LogP contribution in [0.3, 0.4) is 0 Å². The molecule has 2 amide bonds. The van der Waals surface area contributed by atoms with Gasteiger partial charge in [-0.15, -0.1) is 0 Å². The molecule has 0 saturated heterocycles. The van der Waals surface area contributed by atoms with Crippen molar-refractivity contribution in [3.63, 3.8) is 0 Å². The van der Waals surface area contributed by atoms with Gasteiger partial charge in [0.15, 0.2) is 0 Å². The number of carbonyl (C=O) groups is 2. The number of hydrogen-bond acceptors (Lipinski definition) is 5. The van der Waals surface area contributed by atoms with Gasteiger partial charge in [0.1, 0.15) is 0 Å². The van der Waals surface area contributed by atoms with Crippen LogP contribution in [0.4, 0.5) is 17.3 Å². The van der Waals surface area contributed by atoms with Crippen LogP contribution in [0.1, 0.15) is 33.8 Å². The first-order chi connectivity index (χ1) is 14.0. The van der Waals surface area contributed by atoms with E-state index < -0.39 is 0 Å². The second-order valence-electron chi connectivity index (χ2n) is 7.16. The summed E-state index contributed by atoms with van der Waals surface area (Å²) in [5, 5.41) is 5.68. The zero-order valence-electron chi connectivity index (χ0n) is 15.9. The van der Waals surface area contributed by atoms with Crippen molar-refractivity contribution in [1.29, 1.82) is 0 Å². The van der Waals surface area contributed by atoms with Crippen LogP contribution in [0.2, 0.25) is 0 Å². The van der Waals surface area contributed by atoms with E-state index in [-0.39, 0.29) is 29.6 Å². The molecule has 0 spiro atoms. The smallest absolute Gasteiger partial charge is 0.256 e. The van der Waals surface area contributed by atoms with E-state index in [0.29, 0.717) is 16.9 Å². The van der Waals surface area contributed by atoms with Crippen molar-refractivity contribution in [1.82, 2.24) is 9.97 Å². The molecular weight excluding hydrogens is 366 g/mol. The van der Waals surface area contributed by atoms with Crippen LogP contribution < -0.4 is 16.4 Å². The number of benzene rings is 2. The maximum absolute atomic E-state index is 12.6. The Morgan fingerprint density at radius 1 is 1.00 bits per heavy atom. The van der Waals surface area contributed by atoms with Crippen LogP contribution in [0.25, 0.3) is 0 Å². The minimum atomic E-state index is -0.305. The molecule has 146 valence electrons. The van der Waals surface area contributed by atoms with Gasteiger partial charge in [-0.1, -0.05) is 36.4 Å². The number of aryl methyl sites for hydroxylation is 1. The number of hydrogen-bond donors (Lipinski definition) is 3. The molecule has 1 aliphatic rings. The zero-order valence-corrected chi connectivity index (χ0v) is 15.9. The van der Waals surface area contributed by atoms with Crippen molar-refractivity contribution in [2.24, 2.45) is 5.92 Å². The van der Waals surface area contributed by atoms with E-state index in [2.05, 4.69) is 20.6 Å². The lowest BCUT2D eigenvalue weighted by atomic mass is 10.1. The van der Waals surface area contributed by atoms with Gasteiger partial charge in [0.2, 0.25) is 11.9 Å². The van der Waals surface area contributed by atoms with Crippen LogP contribution in [0.15, 0.2) is 60.9 Å². The highest BCUT2D eigenvalue weighted by atomic mass is 16.2. The number of amides is 2. The summed E-state index contributed by atoms with van der Waals surface area (Å²) in [6.45, 7) is 1.84. The van der Waals surface area contributed by atoms with Gasteiger partial charge in [-0.2, -0.15) is 0 Å². The average Bonchev–Trinajstić information content (AvgIpc) is 3.53. The van der Waals surface area contributed by atoms with Gasteiger partial charge < -0.3 is 16.4 Å². The molecule has 2 atom stereocenters. The second-order valence-corrected chi connectivity index (χ2v) is 7.16. The largest absolute Gasteiger partial charge is 0.368 e. The molecule has 1 fully saturated rings. The molecule has 1 aliphatic carbocycles. The number of aromatic nitrogens is 2. The molecule has 1 heterocycles. The van der Waals surface area contributed by atoms with Crippen molar-refractivity contribution < 1.29 is 9.59 Å².